The number of hydrogen-bond donors (Lipinski definition) is 0. The van der Waals surface area contributed by atoms with Crippen LogP contribution in [0.1, 0.15) is 5.82 Å². The van der Waals surface area contributed by atoms with Crippen LogP contribution in [0.3, 0.4) is 0 Å². The molecule has 0 saturated carbocycles. The number of rotatable bonds is 1. The number of hydrogen-bond acceptors (Lipinski definition) is 2. The lowest BCUT2D eigenvalue weighted by Gasteiger charge is -2.01. The van der Waals surface area contributed by atoms with Gasteiger partial charge in [-0.15, -0.1) is 0 Å². The molecule has 0 aliphatic heterocycles. The second-order valence-electron chi connectivity index (χ2n) is 3.12. The van der Waals surface area contributed by atoms with Crippen molar-refractivity contribution in [3.05, 3.63) is 47.9 Å². The maximum atomic E-state index is 12.9. The van der Waals surface area contributed by atoms with E-state index in [-0.39, 0.29) is 0 Å². The predicted octanol–water partition coefficient (Wildman–Crippen LogP) is 2.73. The number of benzene rings is 1. The molecule has 0 radical (unpaired) electrons. The van der Waals surface area contributed by atoms with Gasteiger partial charge >= 0.3 is 0 Å². The summed E-state index contributed by atoms with van der Waals surface area (Å²) in [5, 5.41) is 0. The van der Waals surface area contributed by atoms with E-state index < -0.39 is 11.6 Å². The summed E-state index contributed by atoms with van der Waals surface area (Å²) in [6.07, 6.45) is 1.58. The highest BCUT2D eigenvalue weighted by molar-refractivity contribution is 5.58. The van der Waals surface area contributed by atoms with Gasteiger partial charge in [0.05, 0.1) is 5.69 Å². The zero-order valence-electron chi connectivity index (χ0n) is 8.04. The molecule has 15 heavy (non-hydrogen) atoms. The van der Waals surface area contributed by atoms with E-state index in [0.717, 1.165) is 12.1 Å². The molecule has 0 spiro atoms. The number of aryl methyl sites for hydroxylation is 1. The fraction of sp³-hybridized carbons (Fsp3) is 0.0909. The molecule has 0 aliphatic carbocycles. The van der Waals surface area contributed by atoms with Crippen molar-refractivity contribution in [3.63, 3.8) is 0 Å². The summed E-state index contributed by atoms with van der Waals surface area (Å²) in [4.78, 5) is 8.04. The highest BCUT2D eigenvalue weighted by atomic mass is 19.2. The second-order valence-corrected chi connectivity index (χ2v) is 3.12. The van der Waals surface area contributed by atoms with E-state index in [9.17, 15) is 8.78 Å². The van der Waals surface area contributed by atoms with Gasteiger partial charge in [0.1, 0.15) is 5.82 Å². The molecule has 1 heterocycles. The standard InChI is InChI=1S/C11H8F2N2/c1-7-14-5-4-11(15-7)8-2-3-9(12)10(13)6-8/h2-6H,1H3. The molecule has 0 atom stereocenters. The van der Waals surface area contributed by atoms with Crippen LogP contribution < -0.4 is 0 Å². The molecule has 0 fully saturated rings. The van der Waals surface area contributed by atoms with E-state index in [1.807, 2.05) is 0 Å². The zero-order valence-corrected chi connectivity index (χ0v) is 8.04. The van der Waals surface area contributed by atoms with Crippen LogP contribution in [0.25, 0.3) is 11.3 Å². The highest BCUT2D eigenvalue weighted by Crippen LogP contribution is 2.18. The Morgan fingerprint density at radius 3 is 2.53 bits per heavy atom. The van der Waals surface area contributed by atoms with Crippen LogP contribution in [0.15, 0.2) is 30.5 Å². The molecule has 0 amide bonds. The Kier molecular flexibility index (Phi) is 2.41. The summed E-state index contributed by atoms with van der Waals surface area (Å²) in [5.74, 6) is -1.13. The smallest absolute Gasteiger partial charge is 0.159 e. The molecule has 0 unspecified atom stereocenters. The Morgan fingerprint density at radius 1 is 1.07 bits per heavy atom. The van der Waals surface area contributed by atoms with Crippen molar-refractivity contribution in [1.82, 2.24) is 9.97 Å². The fourth-order valence-corrected chi connectivity index (χ4v) is 1.27. The Morgan fingerprint density at radius 2 is 1.87 bits per heavy atom. The van der Waals surface area contributed by atoms with Gasteiger partial charge in [-0.2, -0.15) is 0 Å². The molecule has 0 saturated heterocycles. The predicted molar refractivity (Wildman–Crippen MR) is 52.1 cm³/mol. The molecular formula is C11H8F2N2. The van der Waals surface area contributed by atoms with Crippen LogP contribution in [0, 0.1) is 18.6 Å². The quantitative estimate of drug-likeness (QED) is 0.716. The minimum Gasteiger partial charge on any atom is -0.242 e. The zero-order chi connectivity index (χ0) is 10.8. The van der Waals surface area contributed by atoms with Crippen molar-refractivity contribution in [3.8, 4) is 11.3 Å². The molecule has 2 aromatic rings. The summed E-state index contributed by atoms with van der Waals surface area (Å²) in [5.41, 5.74) is 1.13. The summed E-state index contributed by atoms with van der Waals surface area (Å²) < 4.78 is 25.6. The van der Waals surface area contributed by atoms with Crippen molar-refractivity contribution in [2.24, 2.45) is 0 Å². The van der Waals surface area contributed by atoms with E-state index in [4.69, 9.17) is 0 Å². The van der Waals surface area contributed by atoms with Crippen LogP contribution in [0.5, 0.6) is 0 Å². The molecule has 0 N–H and O–H groups in total. The second kappa shape index (κ2) is 3.73. The minimum atomic E-state index is -0.872. The molecule has 4 heteroatoms. The minimum absolute atomic E-state index is 0.541. The molecule has 76 valence electrons. The first-order valence-electron chi connectivity index (χ1n) is 4.42. The van der Waals surface area contributed by atoms with Gasteiger partial charge in [0.25, 0.3) is 0 Å². The molecule has 2 nitrogen and oxygen atoms in total. The van der Waals surface area contributed by atoms with Crippen LogP contribution in [-0.2, 0) is 0 Å². The van der Waals surface area contributed by atoms with Crippen LogP contribution in [0.4, 0.5) is 8.78 Å². The van der Waals surface area contributed by atoms with Gasteiger partial charge in [0.2, 0.25) is 0 Å². The first-order valence-corrected chi connectivity index (χ1v) is 4.42. The van der Waals surface area contributed by atoms with Crippen molar-refractivity contribution in [1.29, 1.82) is 0 Å². The Balaban J connectivity index is 2.50. The average Bonchev–Trinajstić information content (AvgIpc) is 2.22. The summed E-state index contributed by atoms with van der Waals surface area (Å²) in [6.45, 7) is 1.74. The van der Waals surface area contributed by atoms with Crippen LogP contribution >= 0.6 is 0 Å². The Labute approximate surface area is 85.6 Å². The van der Waals surface area contributed by atoms with E-state index >= 15 is 0 Å². The van der Waals surface area contributed by atoms with Gasteiger partial charge in [-0.1, -0.05) is 0 Å². The van der Waals surface area contributed by atoms with E-state index in [1.54, 1.807) is 19.2 Å². The molecule has 1 aromatic heterocycles. The fourth-order valence-electron chi connectivity index (χ4n) is 1.27. The summed E-state index contributed by atoms with van der Waals surface area (Å²) >= 11 is 0. The monoisotopic (exact) mass is 206 g/mol. The van der Waals surface area contributed by atoms with Gasteiger partial charge in [-0.3, -0.25) is 0 Å². The van der Waals surface area contributed by atoms with Crippen LogP contribution in [0.2, 0.25) is 0 Å². The number of aromatic nitrogens is 2. The maximum absolute atomic E-state index is 12.9. The third-order valence-corrected chi connectivity index (χ3v) is 1.99. The topological polar surface area (TPSA) is 25.8 Å². The largest absolute Gasteiger partial charge is 0.242 e. The number of nitrogens with zero attached hydrogens (tertiary/aromatic N) is 2. The normalized spacial score (nSPS) is 10.3. The summed E-state index contributed by atoms with van der Waals surface area (Å²) in [6, 6.07) is 5.35. The van der Waals surface area contributed by atoms with Crippen molar-refractivity contribution < 1.29 is 8.78 Å². The third kappa shape index (κ3) is 1.98. The molecular weight excluding hydrogens is 198 g/mol. The lowest BCUT2D eigenvalue weighted by molar-refractivity contribution is 0.509. The van der Waals surface area contributed by atoms with E-state index in [1.165, 1.54) is 6.07 Å². The Bertz CT molecular complexity index is 498. The molecule has 1 aromatic carbocycles. The van der Waals surface area contributed by atoms with Gasteiger partial charge < -0.3 is 0 Å². The van der Waals surface area contributed by atoms with Gasteiger partial charge in [0, 0.05) is 11.8 Å². The average molecular weight is 206 g/mol. The highest BCUT2D eigenvalue weighted by Gasteiger charge is 2.05. The van der Waals surface area contributed by atoms with E-state index in [0.29, 0.717) is 17.1 Å². The lowest BCUT2D eigenvalue weighted by Crippen LogP contribution is -1.91. The SMILES string of the molecule is Cc1nccc(-c2ccc(F)c(F)c2)n1. The lowest BCUT2D eigenvalue weighted by atomic mass is 10.1. The van der Waals surface area contributed by atoms with Crippen LogP contribution in [-0.4, -0.2) is 9.97 Å². The maximum Gasteiger partial charge on any atom is 0.159 e. The molecule has 2 rings (SSSR count). The van der Waals surface area contributed by atoms with Gasteiger partial charge in [0.15, 0.2) is 11.6 Å². The summed E-state index contributed by atoms with van der Waals surface area (Å²) in [7, 11) is 0. The number of halogens is 2. The third-order valence-electron chi connectivity index (χ3n) is 1.99. The van der Waals surface area contributed by atoms with Gasteiger partial charge in [-0.05, 0) is 31.2 Å². The van der Waals surface area contributed by atoms with Crippen molar-refractivity contribution in [2.45, 2.75) is 6.92 Å². The first-order chi connectivity index (χ1) is 7.16. The van der Waals surface area contributed by atoms with Crippen molar-refractivity contribution >= 4 is 0 Å². The first kappa shape index (κ1) is 9.71. The van der Waals surface area contributed by atoms with Gasteiger partial charge in [-0.25, -0.2) is 18.7 Å². The van der Waals surface area contributed by atoms with Crippen molar-refractivity contribution in [2.75, 3.05) is 0 Å². The Hall–Kier alpha value is -1.84. The molecule has 0 aliphatic rings. The van der Waals surface area contributed by atoms with E-state index in [2.05, 4.69) is 9.97 Å². The molecule has 0 bridgehead atoms.